The average molecular weight is 514 g/mol. The lowest BCUT2D eigenvalue weighted by Gasteiger charge is -2.51. The number of benzene rings is 2. The minimum Gasteiger partial charge on any atom is -0.368 e. The fourth-order valence-corrected chi connectivity index (χ4v) is 5.98. The van der Waals surface area contributed by atoms with Gasteiger partial charge in [-0.15, -0.1) is 0 Å². The second kappa shape index (κ2) is 8.84. The van der Waals surface area contributed by atoms with E-state index < -0.39 is 17.4 Å². The molecule has 6 rings (SSSR count). The number of nitrogens with two attached hydrogens (primary N) is 1. The molecule has 7 heteroatoms. The zero-order chi connectivity index (χ0) is 23.2. The van der Waals surface area contributed by atoms with Crippen LogP contribution in [0.3, 0.4) is 0 Å². The van der Waals surface area contributed by atoms with Crippen LogP contribution in [0.15, 0.2) is 53.0 Å². The first-order valence-electron chi connectivity index (χ1n) is 11.7. The molecule has 2 atom stereocenters. The molecular formula is C26H29BrFN3O2. The number of hydrogen-bond donors (Lipinski definition) is 1. The van der Waals surface area contributed by atoms with E-state index in [1.807, 2.05) is 29.2 Å². The first kappa shape index (κ1) is 22.5. The number of carbonyl (C=O) groups excluding carboxylic acids is 2. The Morgan fingerprint density at radius 2 is 1.73 bits per heavy atom. The third-order valence-electron chi connectivity index (χ3n) is 7.78. The SMILES string of the molecule is NC(=O)[C@H](Cc1ccc(Br)cc1)N(C(=O)C1(c2ccc(F)cc2)CC1)[C@@H]1CN2CCC1CC2. The number of nitrogens with zero attached hydrogens (tertiary/aromatic N) is 2. The highest BCUT2D eigenvalue weighted by atomic mass is 79.9. The summed E-state index contributed by atoms with van der Waals surface area (Å²) in [6.45, 7) is 2.86. The molecule has 3 heterocycles. The van der Waals surface area contributed by atoms with Gasteiger partial charge in [-0.05, 0) is 80.1 Å². The van der Waals surface area contributed by atoms with Crippen molar-refractivity contribution in [2.45, 2.75) is 49.6 Å². The van der Waals surface area contributed by atoms with Crippen LogP contribution in [0.25, 0.3) is 0 Å². The van der Waals surface area contributed by atoms with Gasteiger partial charge in [0.05, 0.1) is 5.41 Å². The molecule has 3 aliphatic heterocycles. The molecule has 2 aromatic carbocycles. The Hall–Kier alpha value is -2.25. The van der Waals surface area contributed by atoms with Crippen molar-refractivity contribution in [1.29, 1.82) is 0 Å². The topological polar surface area (TPSA) is 66.6 Å². The highest BCUT2D eigenvalue weighted by molar-refractivity contribution is 9.10. The van der Waals surface area contributed by atoms with Gasteiger partial charge >= 0.3 is 0 Å². The van der Waals surface area contributed by atoms with Gasteiger partial charge in [0, 0.05) is 23.5 Å². The zero-order valence-electron chi connectivity index (χ0n) is 18.6. The van der Waals surface area contributed by atoms with Gasteiger partial charge in [-0.2, -0.15) is 0 Å². The maximum Gasteiger partial charge on any atom is 0.240 e. The second-order valence-corrected chi connectivity index (χ2v) is 10.7. The van der Waals surface area contributed by atoms with E-state index in [0.29, 0.717) is 25.2 Å². The summed E-state index contributed by atoms with van der Waals surface area (Å²) in [4.78, 5) is 31.4. The van der Waals surface area contributed by atoms with Gasteiger partial charge in [-0.3, -0.25) is 9.59 Å². The van der Waals surface area contributed by atoms with Crippen molar-refractivity contribution >= 4 is 27.7 Å². The van der Waals surface area contributed by atoms with E-state index in [1.165, 1.54) is 12.1 Å². The Kier molecular flexibility index (Phi) is 6.04. The Balaban J connectivity index is 1.52. The summed E-state index contributed by atoms with van der Waals surface area (Å²) in [6, 6.07) is 13.3. The van der Waals surface area contributed by atoms with Gasteiger partial charge in [0.25, 0.3) is 0 Å². The van der Waals surface area contributed by atoms with Crippen molar-refractivity contribution in [2.24, 2.45) is 11.7 Å². The van der Waals surface area contributed by atoms with E-state index in [4.69, 9.17) is 5.73 Å². The third kappa shape index (κ3) is 4.33. The van der Waals surface area contributed by atoms with E-state index >= 15 is 0 Å². The molecule has 0 spiro atoms. The van der Waals surface area contributed by atoms with Crippen molar-refractivity contribution in [1.82, 2.24) is 9.80 Å². The molecular weight excluding hydrogens is 485 g/mol. The monoisotopic (exact) mass is 513 g/mol. The molecule has 0 unspecified atom stereocenters. The van der Waals surface area contributed by atoms with Gasteiger partial charge in [0.15, 0.2) is 0 Å². The first-order valence-corrected chi connectivity index (χ1v) is 12.5. The van der Waals surface area contributed by atoms with Gasteiger partial charge in [-0.1, -0.05) is 40.2 Å². The number of primary amides is 1. The second-order valence-electron chi connectivity index (χ2n) is 9.76. The molecule has 2 aromatic rings. The molecule has 4 aliphatic rings. The minimum absolute atomic E-state index is 0.0335. The van der Waals surface area contributed by atoms with Crippen LogP contribution < -0.4 is 5.73 Å². The van der Waals surface area contributed by atoms with E-state index in [-0.39, 0.29) is 17.8 Å². The minimum atomic E-state index is -0.720. The molecule has 2 amide bonds. The lowest BCUT2D eigenvalue weighted by Crippen LogP contribution is -2.65. The largest absolute Gasteiger partial charge is 0.368 e. The molecule has 2 bridgehead atoms. The number of hydrogen-bond acceptors (Lipinski definition) is 3. The molecule has 33 heavy (non-hydrogen) atoms. The van der Waals surface area contributed by atoms with Crippen molar-refractivity contribution in [3.8, 4) is 0 Å². The summed E-state index contributed by atoms with van der Waals surface area (Å²) in [5, 5.41) is 0. The molecule has 0 aromatic heterocycles. The number of carbonyl (C=O) groups is 2. The normalized spacial score (nSPS) is 25.9. The van der Waals surface area contributed by atoms with Crippen molar-refractivity contribution < 1.29 is 14.0 Å². The smallest absolute Gasteiger partial charge is 0.240 e. The fraction of sp³-hybridized carbons (Fsp3) is 0.462. The Morgan fingerprint density at radius 1 is 1.09 bits per heavy atom. The van der Waals surface area contributed by atoms with Crippen LogP contribution >= 0.6 is 15.9 Å². The van der Waals surface area contributed by atoms with Gasteiger partial charge in [-0.25, -0.2) is 4.39 Å². The Labute approximate surface area is 202 Å². The first-order chi connectivity index (χ1) is 15.9. The molecule has 1 saturated carbocycles. The Morgan fingerprint density at radius 3 is 2.24 bits per heavy atom. The van der Waals surface area contributed by atoms with Crippen molar-refractivity contribution in [2.75, 3.05) is 19.6 Å². The molecule has 4 fully saturated rings. The lowest BCUT2D eigenvalue weighted by atomic mass is 9.80. The third-order valence-corrected chi connectivity index (χ3v) is 8.30. The van der Waals surface area contributed by atoms with Gasteiger partial charge in [0.1, 0.15) is 11.9 Å². The summed E-state index contributed by atoms with van der Waals surface area (Å²) >= 11 is 3.45. The Bertz CT molecular complexity index is 1030. The number of halogens is 2. The van der Waals surface area contributed by atoms with Crippen LogP contribution in [0, 0.1) is 11.7 Å². The zero-order valence-corrected chi connectivity index (χ0v) is 20.1. The summed E-state index contributed by atoms with van der Waals surface area (Å²) in [5.74, 6) is -0.456. The number of piperidine rings is 3. The van der Waals surface area contributed by atoms with Gasteiger partial charge in [0.2, 0.25) is 11.8 Å². The van der Waals surface area contributed by atoms with Crippen LogP contribution in [0.2, 0.25) is 0 Å². The van der Waals surface area contributed by atoms with Crippen LogP contribution in [-0.4, -0.2) is 53.3 Å². The quantitative estimate of drug-likeness (QED) is 0.614. The standard InChI is InChI=1S/C26H29BrFN3O2/c27-20-5-1-17(2-6-20)15-22(24(29)32)31(23-16-30-13-9-18(23)10-14-30)25(33)26(11-12-26)19-3-7-21(28)8-4-19/h1-8,18,22-23H,9-16H2,(H2,29,32)/t22-,23+/m0/s1. The lowest BCUT2D eigenvalue weighted by molar-refractivity contribution is -0.149. The summed E-state index contributed by atoms with van der Waals surface area (Å²) in [6.07, 6.45) is 3.86. The predicted molar refractivity (Wildman–Crippen MR) is 128 cm³/mol. The van der Waals surface area contributed by atoms with E-state index in [1.54, 1.807) is 12.1 Å². The molecule has 1 aliphatic carbocycles. The van der Waals surface area contributed by atoms with E-state index in [2.05, 4.69) is 20.8 Å². The van der Waals surface area contributed by atoms with Crippen LogP contribution in [0.1, 0.15) is 36.8 Å². The van der Waals surface area contributed by atoms with Crippen molar-refractivity contribution in [3.05, 3.63) is 69.9 Å². The van der Waals surface area contributed by atoms with E-state index in [0.717, 1.165) is 48.1 Å². The molecule has 5 nitrogen and oxygen atoms in total. The molecule has 3 saturated heterocycles. The highest BCUT2D eigenvalue weighted by Gasteiger charge is 2.56. The molecule has 2 N–H and O–H groups in total. The van der Waals surface area contributed by atoms with Crippen molar-refractivity contribution in [3.63, 3.8) is 0 Å². The molecule has 174 valence electrons. The summed E-state index contributed by atoms with van der Waals surface area (Å²) < 4.78 is 14.5. The maximum atomic E-state index is 14.3. The summed E-state index contributed by atoms with van der Waals surface area (Å²) in [5.41, 5.74) is 7.08. The van der Waals surface area contributed by atoms with E-state index in [9.17, 15) is 14.0 Å². The molecule has 0 radical (unpaired) electrons. The predicted octanol–water partition coefficient (Wildman–Crippen LogP) is 3.64. The van der Waals surface area contributed by atoms with Crippen LogP contribution in [0.5, 0.6) is 0 Å². The average Bonchev–Trinajstić information content (AvgIpc) is 3.63. The maximum absolute atomic E-state index is 14.3. The number of amides is 2. The highest BCUT2D eigenvalue weighted by Crippen LogP contribution is 2.51. The number of rotatable bonds is 7. The van der Waals surface area contributed by atoms with Crippen LogP contribution in [0.4, 0.5) is 4.39 Å². The fourth-order valence-electron chi connectivity index (χ4n) is 5.72. The van der Waals surface area contributed by atoms with Gasteiger partial charge < -0.3 is 15.5 Å². The van der Waals surface area contributed by atoms with Crippen LogP contribution in [-0.2, 0) is 21.4 Å². The summed E-state index contributed by atoms with van der Waals surface area (Å²) in [7, 11) is 0. The number of fused-ring (bicyclic) bond motifs is 3.